The van der Waals surface area contributed by atoms with E-state index in [9.17, 15) is 14.4 Å². The van der Waals surface area contributed by atoms with Gasteiger partial charge >= 0.3 is 5.97 Å². The van der Waals surface area contributed by atoms with E-state index >= 15 is 0 Å². The lowest BCUT2D eigenvalue weighted by atomic mass is 9.97. The van der Waals surface area contributed by atoms with Crippen LogP contribution in [0, 0.1) is 17.2 Å². The first kappa shape index (κ1) is 18.0. The molecule has 130 valence electrons. The number of carboxylic acid groups (broad SMARTS) is 1. The number of nitriles is 1. The Morgan fingerprint density at radius 2 is 1.92 bits per heavy atom. The fourth-order valence-electron chi connectivity index (χ4n) is 2.56. The van der Waals surface area contributed by atoms with Gasteiger partial charge in [0.2, 0.25) is 0 Å². The number of amides is 2. The molecule has 2 rings (SSSR count). The van der Waals surface area contributed by atoms with Gasteiger partial charge in [0, 0.05) is 25.0 Å². The third-order valence-corrected chi connectivity index (χ3v) is 4.04. The molecule has 25 heavy (non-hydrogen) atoms. The summed E-state index contributed by atoms with van der Waals surface area (Å²) < 4.78 is 0. The number of hydrogen-bond acceptors (Lipinski definition) is 5. The number of piperidine rings is 1. The van der Waals surface area contributed by atoms with Gasteiger partial charge in [-0.2, -0.15) is 5.26 Å². The molecule has 1 aromatic carbocycles. The first-order chi connectivity index (χ1) is 11.9. The van der Waals surface area contributed by atoms with Gasteiger partial charge in [-0.1, -0.05) is 12.1 Å². The van der Waals surface area contributed by atoms with Gasteiger partial charge in [-0.05, 0) is 25.0 Å². The van der Waals surface area contributed by atoms with Crippen LogP contribution in [-0.2, 0) is 9.59 Å². The molecule has 4 N–H and O–H groups in total. The average Bonchev–Trinajstić information content (AvgIpc) is 2.62. The molecule has 0 bridgehead atoms. The molecule has 0 saturated carbocycles. The zero-order valence-corrected chi connectivity index (χ0v) is 13.4. The molecule has 1 saturated heterocycles. The third kappa shape index (κ3) is 4.35. The monoisotopic (exact) mass is 342 g/mol. The highest BCUT2D eigenvalue weighted by Crippen LogP contribution is 2.18. The van der Waals surface area contributed by atoms with E-state index in [2.05, 4.69) is 5.32 Å². The Morgan fingerprint density at radius 3 is 2.48 bits per heavy atom. The first-order valence-electron chi connectivity index (χ1n) is 7.71. The molecule has 0 atom stereocenters. The maximum atomic E-state index is 12.3. The highest BCUT2D eigenvalue weighted by atomic mass is 16.4. The van der Waals surface area contributed by atoms with Crippen molar-refractivity contribution in [2.45, 2.75) is 12.8 Å². The van der Waals surface area contributed by atoms with Crippen molar-refractivity contribution in [3.63, 3.8) is 0 Å². The van der Waals surface area contributed by atoms with Crippen LogP contribution in [0.25, 0.3) is 0 Å². The quantitative estimate of drug-likeness (QED) is 0.419. The Bertz CT molecular complexity index is 758. The molecule has 0 radical (unpaired) electrons. The number of hydrogen-bond donors (Lipinski definition) is 3. The second-order valence-electron chi connectivity index (χ2n) is 5.64. The van der Waals surface area contributed by atoms with Crippen molar-refractivity contribution in [3.05, 3.63) is 41.6 Å². The SMILES string of the molecule is N#C/C(=C/NC(=O)c1ccccc1N)C(=O)N1CCC(C(=O)O)CC1. The van der Waals surface area contributed by atoms with Crippen LogP contribution in [0.5, 0.6) is 0 Å². The number of anilines is 1. The van der Waals surface area contributed by atoms with E-state index in [-0.39, 0.29) is 29.9 Å². The smallest absolute Gasteiger partial charge is 0.306 e. The maximum absolute atomic E-state index is 12.3. The number of nitrogens with one attached hydrogen (secondary N) is 1. The number of para-hydroxylation sites is 1. The highest BCUT2D eigenvalue weighted by Gasteiger charge is 2.28. The topological polar surface area (TPSA) is 137 Å². The number of carboxylic acids is 1. The average molecular weight is 342 g/mol. The molecular weight excluding hydrogens is 324 g/mol. The number of likely N-dealkylation sites (tertiary alicyclic amines) is 1. The van der Waals surface area contributed by atoms with Gasteiger partial charge in [0.15, 0.2) is 0 Å². The van der Waals surface area contributed by atoms with Gasteiger partial charge < -0.3 is 21.1 Å². The highest BCUT2D eigenvalue weighted by molar-refractivity contribution is 6.01. The second kappa shape index (κ2) is 7.97. The summed E-state index contributed by atoms with van der Waals surface area (Å²) in [5.74, 6) is -2.41. The van der Waals surface area contributed by atoms with Crippen molar-refractivity contribution in [3.8, 4) is 6.07 Å². The van der Waals surface area contributed by atoms with Gasteiger partial charge in [0.25, 0.3) is 11.8 Å². The summed E-state index contributed by atoms with van der Waals surface area (Å²) in [6.07, 6.45) is 1.74. The molecule has 1 aliphatic rings. The molecule has 8 heteroatoms. The van der Waals surface area contributed by atoms with E-state index < -0.39 is 23.7 Å². The fourth-order valence-corrected chi connectivity index (χ4v) is 2.56. The third-order valence-electron chi connectivity index (χ3n) is 4.04. The summed E-state index contributed by atoms with van der Waals surface area (Å²) in [6, 6.07) is 8.20. The molecular formula is C17H18N4O4. The van der Waals surface area contributed by atoms with E-state index in [4.69, 9.17) is 16.1 Å². The number of nitrogens with two attached hydrogens (primary N) is 1. The number of nitrogen functional groups attached to an aromatic ring is 1. The number of carbonyl (C=O) groups is 3. The molecule has 0 unspecified atom stereocenters. The minimum absolute atomic E-state index is 0.225. The number of carbonyl (C=O) groups excluding carboxylic acids is 2. The lowest BCUT2D eigenvalue weighted by Crippen LogP contribution is -2.41. The fraction of sp³-hybridized carbons (Fsp3) is 0.294. The van der Waals surface area contributed by atoms with E-state index in [1.54, 1.807) is 24.3 Å². The van der Waals surface area contributed by atoms with Crippen LogP contribution in [-0.4, -0.2) is 40.9 Å². The number of nitrogens with zero attached hydrogens (tertiary/aromatic N) is 2. The van der Waals surface area contributed by atoms with E-state index in [1.165, 1.54) is 11.0 Å². The summed E-state index contributed by atoms with van der Waals surface area (Å²) in [4.78, 5) is 36.8. The molecule has 0 spiro atoms. The zero-order valence-electron chi connectivity index (χ0n) is 13.4. The second-order valence-corrected chi connectivity index (χ2v) is 5.64. The van der Waals surface area contributed by atoms with Crippen molar-refractivity contribution < 1.29 is 19.5 Å². The standard InChI is InChI=1S/C17H18N4O4/c18-9-12(10-20-15(22)13-3-1-2-4-14(13)19)16(23)21-7-5-11(6-8-21)17(24)25/h1-4,10-11H,5-8,19H2,(H,20,22)(H,24,25)/b12-10-. The Labute approximate surface area is 144 Å². The van der Waals surface area contributed by atoms with Gasteiger partial charge in [-0.3, -0.25) is 14.4 Å². The first-order valence-corrected chi connectivity index (χ1v) is 7.71. The van der Waals surface area contributed by atoms with Gasteiger partial charge in [-0.25, -0.2) is 0 Å². The van der Waals surface area contributed by atoms with Crippen molar-refractivity contribution in [1.82, 2.24) is 10.2 Å². The predicted molar refractivity (Wildman–Crippen MR) is 89.0 cm³/mol. The van der Waals surface area contributed by atoms with Gasteiger partial charge in [0.1, 0.15) is 11.6 Å². The number of rotatable bonds is 4. The molecule has 8 nitrogen and oxygen atoms in total. The largest absolute Gasteiger partial charge is 0.481 e. The molecule has 1 fully saturated rings. The minimum atomic E-state index is -0.879. The number of aliphatic carboxylic acids is 1. The van der Waals surface area contributed by atoms with E-state index in [0.29, 0.717) is 12.8 Å². The van der Waals surface area contributed by atoms with Crippen molar-refractivity contribution in [2.24, 2.45) is 5.92 Å². The molecule has 1 aromatic rings. The zero-order chi connectivity index (χ0) is 18.4. The van der Waals surface area contributed by atoms with Crippen molar-refractivity contribution in [2.75, 3.05) is 18.8 Å². The van der Waals surface area contributed by atoms with Gasteiger partial charge in [-0.15, -0.1) is 0 Å². The summed E-state index contributed by atoms with van der Waals surface area (Å²) in [5.41, 5.74) is 6.01. The van der Waals surface area contributed by atoms with Gasteiger partial charge in [0.05, 0.1) is 11.5 Å². The van der Waals surface area contributed by atoms with E-state index in [0.717, 1.165) is 6.20 Å². The Balaban J connectivity index is 2.02. The molecule has 0 aliphatic carbocycles. The van der Waals surface area contributed by atoms with Crippen LogP contribution in [0.15, 0.2) is 36.0 Å². The van der Waals surface area contributed by atoms with Crippen LogP contribution in [0.2, 0.25) is 0 Å². The summed E-state index contributed by atoms with van der Waals surface area (Å²) in [7, 11) is 0. The van der Waals surface area contributed by atoms with E-state index in [1.807, 2.05) is 0 Å². The molecule has 1 aliphatic heterocycles. The Kier molecular flexibility index (Phi) is 5.74. The number of benzene rings is 1. The summed E-state index contributed by atoms with van der Waals surface area (Å²) in [5, 5.41) is 20.5. The Morgan fingerprint density at radius 1 is 1.28 bits per heavy atom. The van der Waals surface area contributed by atoms with Crippen LogP contribution < -0.4 is 11.1 Å². The van der Waals surface area contributed by atoms with Crippen molar-refractivity contribution >= 4 is 23.5 Å². The van der Waals surface area contributed by atoms with Crippen LogP contribution in [0.4, 0.5) is 5.69 Å². The lowest BCUT2D eigenvalue weighted by molar-refractivity contribution is -0.145. The normalized spacial score (nSPS) is 15.3. The maximum Gasteiger partial charge on any atom is 0.306 e. The summed E-state index contributed by atoms with van der Waals surface area (Å²) in [6.45, 7) is 0.517. The molecule has 1 heterocycles. The molecule has 2 amide bonds. The van der Waals surface area contributed by atoms with Crippen LogP contribution in [0.3, 0.4) is 0 Å². The summed E-state index contributed by atoms with van der Waals surface area (Å²) >= 11 is 0. The predicted octanol–water partition coefficient (Wildman–Crippen LogP) is 0.729. The van der Waals surface area contributed by atoms with Crippen LogP contribution >= 0.6 is 0 Å². The van der Waals surface area contributed by atoms with Crippen molar-refractivity contribution in [1.29, 1.82) is 5.26 Å². The molecule has 0 aromatic heterocycles. The van der Waals surface area contributed by atoms with Crippen LogP contribution in [0.1, 0.15) is 23.2 Å². The minimum Gasteiger partial charge on any atom is -0.481 e. The lowest BCUT2D eigenvalue weighted by Gasteiger charge is -2.29. The Hall–Kier alpha value is -3.34.